The van der Waals surface area contributed by atoms with Crippen LogP contribution in [-0.4, -0.2) is 63.7 Å². The lowest BCUT2D eigenvalue weighted by Crippen LogP contribution is -2.66. The van der Waals surface area contributed by atoms with Gasteiger partial charge in [-0.25, -0.2) is 0 Å². The van der Waals surface area contributed by atoms with Gasteiger partial charge in [0.15, 0.2) is 6.29 Å². The highest BCUT2D eigenvalue weighted by atomic mass is 16.7. The highest BCUT2D eigenvalue weighted by Crippen LogP contribution is 2.76. The molecule has 42 heavy (non-hydrogen) atoms. The average Bonchev–Trinajstić information content (AvgIpc) is 2.92. The molecule has 6 aliphatic rings. The average molecular weight is 589 g/mol. The molecule has 0 spiro atoms. The van der Waals surface area contributed by atoms with Crippen molar-refractivity contribution in [2.24, 2.45) is 56.7 Å². The lowest BCUT2D eigenvalue weighted by molar-refractivity contribution is -0.308. The van der Waals surface area contributed by atoms with Crippen LogP contribution < -0.4 is 0 Å². The summed E-state index contributed by atoms with van der Waals surface area (Å²) in [6.07, 6.45) is 6.46. The standard InChI is InChI=1S/C35H56O7/c1-19-10-15-35(30(39)40)17-16-33(6)21(26(35)20(19)2)8-9-24-32(5)13-12-25(31(3,4)23(32)11-14-34(24,33)7)42-29-28(38)27(37)22(36)18-41-29/h8,19-20,22-29,36-38H,9-18H2,1-7H3,(H,39,40)/t19-,20+,22-,23+,24-,25+,26+,27+,28+,29-,32+,33-,34-,35+/m1/s1. The largest absolute Gasteiger partial charge is 0.481 e. The Morgan fingerprint density at radius 1 is 0.905 bits per heavy atom. The first-order chi connectivity index (χ1) is 19.5. The minimum absolute atomic E-state index is 0.00660. The SMILES string of the molecule is C[C@H]1[C@H](C)CC[C@]2(C(=O)O)CC[C@]3(C)C(=CC[C@@H]4[C@@]5(C)CC[C@H](O[C@H]6OC[C@@H](O)[C@H](O)[C@@H]6O)C(C)(C)[C@@H]5CC[C@]43C)[C@H]12. The third-order valence-corrected chi connectivity index (χ3v) is 15.1. The van der Waals surface area contributed by atoms with Gasteiger partial charge in [0.05, 0.1) is 18.1 Å². The number of aliphatic hydroxyl groups excluding tert-OH is 3. The monoisotopic (exact) mass is 588 g/mol. The van der Waals surface area contributed by atoms with Crippen molar-refractivity contribution in [3.63, 3.8) is 0 Å². The quantitative estimate of drug-likeness (QED) is 0.252. The topological polar surface area (TPSA) is 116 Å². The number of rotatable bonds is 3. The Morgan fingerprint density at radius 2 is 1.62 bits per heavy atom. The van der Waals surface area contributed by atoms with Crippen molar-refractivity contribution in [3.05, 3.63) is 11.6 Å². The molecule has 1 heterocycles. The molecule has 5 fully saturated rings. The van der Waals surface area contributed by atoms with Crippen molar-refractivity contribution in [1.29, 1.82) is 0 Å². The number of allylic oxidation sites excluding steroid dienone is 2. The molecule has 7 nitrogen and oxygen atoms in total. The molecule has 14 atom stereocenters. The molecule has 1 aliphatic heterocycles. The molecular weight excluding hydrogens is 532 g/mol. The summed E-state index contributed by atoms with van der Waals surface area (Å²) in [5, 5.41) is 41.4. The van der Waals surface area contributed by atoms with E-state index in [-0.39, 0.29) is 40.3 Å². The van der Waals surface area contributed by atoms with E-state index in [0.717, 1.165) is 57.8 Å². The number of aliphatic carboxylic acids is 1. The van der Waals surface area contributed by atoms with Crippen LogP contribution in [0.5, 0.6) is 0 Å². The van der Waals surface area contributed by atoms with E-state index in [1.165, 1.54) is 5.57 Å². The number of carboxylic acid groups (broad SMARTS) is 1. The van der Waals surface area contributed by atoms with Crippen LogP contribution in [0.4, 0.5) is 0 Å². The minimum Gasteiger partial charge on any atom is -0.481 e. The summed E-state index contributed by atoms with van der Waals surface area (Å²) in [7, 11) is 0. The fourth-order valence-corrected chi connectivity index (χ4v) is 12.1. The fraction of sp³-hybridized carbons (Fsp3) is 0.914. The lowest BCUT2D eigenvalue weighted by atomic mass is 9.33. The molecule has 0 aromatic heterocycles. The maximum absolute atomic E-state index is 13.0. The molecule has 0 aromatic rings. The third-order valence-electron chi connectivity index (χ3n) is 15.1. The Kier molecular flexibility index (Phi) is 7.39. The number of ether oxygens (including phenoxy) is 2. The van der Waals surface area contributed by atoms with E-state index in [1.807, 2.05) is 0 Å². The number of carbonyl (C=O) groups is 1. The fourth-order valence-electron chi connectivity index (χ4n) is 12.1. The molecule has 0 amide bonds. The highest BCUT2D eigenvalue weighted by molar-refractivity contribution is 5.76. The number of aliphatic hydroxyl groups is 3. The van der Waals surface area contributed by atoms with Gasteiger partial charge in [0.2, 0.25) is 0 Å². The van der Waals surface area contributed by atoms with Crippen molar-refractivity contribution in [2.75, 3.05) is 6.61 Å². The van der Waals surface area contributed by atoms with E-state index < -0.39 is 36.0 Å². The molecule has 0 unspecified atom stereocenters. The zero-order chi connectivity index (χ0) is 30.6. The molecule has 7 heteroatoms. The van der Waals surface area contributed by atoms with Gasteiger partial charge < -0.3 is 29.9 Å². The van der Waals surface area contributed by atoms with Crippen molar-refractivity contribution < 1.29 is 34.7 Å². The Morgan fingerprint density at radius 3 is 2.31 bits per heavy atom. The molecule has 5 aliphatic carbocycles. The maximum Gasteiger partial charge on any atom is 0.310 e. The van der Waals surface area contributed by atoms with Crippen LogP contribution in [0.2, 0.25) is 0 Å². The summed E-state index contributed by atoms with van der Waals surface area (Å²) in [6, 6.07) is 0. The van der Waals surface area contributed by atoms with Gasteiger partial charge in [0, 0.05) is 0 Å². The minimum atomic E-state index is -1.27. The van der Waals surface area contributed by atoms with E-state index in [1.54, 1.807) is 0 Å². The van der Waals surface area contributed by atoms with Crippen LogP contribution in [0.1, 0.15) is 106 Å². The predicted octanol–water partition coefficient (Wildman–Crippen LogP) is 5.55. The Bertz CT molecular complexity index is 1120. The summed E-state index contributed by atoms with van der Waals surface area (Å²) in [4.78, 5) is 13.0. The predicted molar refractivity (Wildman–Crippen MR) is 159 cm³/mol. The van der Waals surface area contributed by atoms with Crippen molar-refractivity contribution >= 4 is 5.97 Å². The number of carboxylic acids is 1. The van der Waals surface area contributed by atoms with Crippen LogP contribution >= 0.6 is 0 Å². The molecule has 238 valence electrons. The van der Waals surface area contributed by atoms with Crippen molar-refractivity contribution in [2.45, 2.75) is 137 Å². The summed E-state index contributed by atoms with van der Waals surface area (Å²) >= 11 is 0. The lowest BCUT2D eigenvalue weighted by Gasteiger charge is -2.71. The van der Waals surface area contributed by atoms with Gasteiger partial charge in [0.1, 0.15) is 18.3 Å². The van der Waals surface area contributed by atoms with E-state index in [2.05, 4.69) is 54.5 Å². The van der Waals surface area contributed by atoms with Gasteiger partial charge in [-0.2, -0.15) is 0 Å². The number of hydrogen-bond acceptors (Lipinski definition) is 6. The van der Waals surface area contributed by atoms with Gasteiger partial charge in [-0.1, -0.05) is 60.1 Å². The zero-order valence-corrected chi connectivity index (χ0v) is 26.9. The number of fused-ring (bicyclic) bond motifs is 7. The van der Waals surface area contributed by atoms with E-state index >= 15 is 0 Å². The van der Waals surface area contributed by atoms with Gasteiger partial charge in [-0.15, -0.1) is 0 Å². The smallest absolute Gasteiger partial charge is 0.310 e. The molecule has 1 saturated heterocycles. The van der Waals surface area contributed by atoms with Crippen molar-refractivity contribution in [1.82, 2.24) is 0 Å². The van der Waals surface area contributed by atoms with Crippen LogP contribution in [0.25, 0.3) is 0 Å². The molecular formula is C35H56O7. The molecule has 4 saturated carbocycles. The van der Waals surface area contributed by atoms with Gasteiger partial charge in [-0.3, -0.25) is 4.79 Å². The third kappa shape index (κ3) is 3.98. The van der Waals surface area contributed by atoms with Crippen LogP contribution in [0.15, 0.2) is 11.6 Å². The molecule has 0 radical (unpaired) electrons. The second-order valence-corrected chi connectivity index (χ2v) is 16.8. The summed E-state index contributed by atoms with van der Waals surface area (Å²) in [5.74, 6) is 1.38. The van der Waals surface area contributed by atoms with Gasteiger partial charge in [0.25, 0.3) is 0 Å². The Hall–Kier alpha value is -0.990. The van der Waals surface area contributed by atoms with Crippen molar-refractivity contribution in [3.8, 4) is 0 Å². The molecule has 6 rings (SSSR count). The molecule has 0 bridgehead atoms. The summed E-state index contributed by atoms with van der Waals surface area (Å²) < 4.78 is 12.1. The first kappa shape index (κ1) is 31.0. The van der Waals surface area contributed by atoms with E-state index in [9.17, 15) is 25.2 Å². The second kappa shape index (κ2) is 10.0. The first-order valence-electron chi connectivity index (χ1n) is 16.8. The maximum atomic E-state index is 13.0. The Balaban J connectivity index is 1.31. The van der Waals surface area contributed by atoms with Crippen LogP contribution in [0, 0.1) is 56.7 Å². The van der Waals surface area contributed by atoms with Crippen LogP contribution in [-0.2, 0) is 14.3 Å². The van der Waals surface area contributed by atoms with Gasteiger partial charge in [-0.05, 0) is 109 Å². The second-order valence-electron chi connectivity index (χ2n) is 16.8. The van der Waals surface area contributed by atoms with E-state index in [4.69, 9.17) is 9.47 Å². The molecule has 0 aromatic carbocycles. The zero-order valence-electron chi connectivity index (χ0n) is 26.9. The van der Waals surface area contributed by atoms with Gasteiger partial charge >= 0.3 is 5.97 Å². The van der Waals surface area contributed by atoms with E-state index in [0.29, 0.717) is 23.7 Å². The summed E-state index contributed by atoms with van der Waals surface area (Å²) in [6.45, 7) is 16.8. The number of hydrogen-bond donors (Lipinski definition) is 4. The Labute approximate surface area is 252 Å². The molecule has 4 N–H and O–H groups in total. The highest BCUT2D eigenvalue weighted by Gasteiger charge is 2.69. The van der Waals surface area contributed by atoms with Crippen LogP contribution in [0.3, 0.4) is 0 Å². The summed E-state index contributed by atoms with van der Waals surface area (Å²) in [5.41, 5.74) is 0.885. The first-order valence-corrected chi connectivity index (χ1v) is 16.8. The normalized spacial score (nSPS) is 55.3.